The van der Waals surface area contributed by atoms with Crippen molar-refractivity contribution in [1.82, 2.24) is 25.1 Å². The number of rotatable bonds is 6. The third-order valence-electron chi connectivity index (χ3n) is 6.72. The molecule has 186 valence electrons. The van der Waals surface area contributed by atoms with E-state index in [0.29, 0.717) is 16.7 Å². The Morgan fingerprint density at radius 1 is 1.19 bits per heavy atom. The first-order valence-corrected chi connectivity index (χ1v) is 12.9. The van der Waals surface area contributed by atoms with Crippen LogP contribution >= 0.6 is 22.9 Å². The van der Waals surface area contributed by atoms with Crippen LogP contribution in [0.4, 0.5) is 5.82 Å². The minimum atomic E-state index is -1.27. The Kier molecular flexibility index (Phi) is 6.90. The molecule has 1 fully saturated rings. The maximum absolute atomic E-state index is 12.7. The lowest BCUT2D eigenvalue weighted by atomic mass is 9.72. The zero-order valence-electron chi connectivity index (χ0n) is 20.0. The first-order chi connectivity index (χ1) is 17.3. The molecule has 1 unspecified atom stereocenters. The standard InChI is InChI=1S/C26H27ClN6O2S/c1-16(34)31-23-13-17(7-10-28-23)22-14-21(24(36-22)25-29-15-30-32-25)26(35,18-3-5-20(27)6-4-18)19-8-11-33(2)12-9-19/h3-7,10,13-15,19,35H,8-9,11-12H2,1-2H3,(H,28,31,34)(H,29,30,32). The van der Waals surface area contributed by atoms with E-state index in [1.54, 1.807) is 6.20 Å². The summed E-state index contributed by atoms with van der Waals surface area (Å²) in [6.45, 7) is 3.26. The summed E-state index contributed by atoms with van der Waals surface area (Å²) in [5, 5.41) is 23.1. The molecule has 0 saturated carbocycles. The van der Waals surface area contributed by atoms with E-state index < -0.39 is 5.60 Å². The number of pyridine rings is 1. The number of thiophene rings is 1. The number of likely N-dealkylation sites (tertiary alicyclic amines) is 1. The SMILES string of the molecule is CC(=O)Nc1cc(-c2cc(C(O)(c3ccc(Cl)cc3)C3CCN(C)CC3)c(-c3ncn[nH]3)s2)ccn1. The van der Waals surface area contributed by atoms with E-state index in [2.05, 4.69) is 37.4 Å². The summed E-state index contributed by atoms with van der Waals surface area (Å²) in [6, 6.07) is 13.2. The van der Waals surface area contributed by atoms with E-state index in [1.807, 2.05) is 42.5 Å². The van der Waals surface area contributed by atoms with Gasteiger partial charge in [-0.05, 0) is 80.4 Å². The summed E-state index contributed by atoms with van der Waals surface area (Å²) in [5.41, 5.74) is 1.18. The Bertz CT molecular complexity index is 1350. The number of H-pyrrole nitrogens is 1. The fourth-order valence-corrected chi connectivity index (χ4v) is 6.17. The molecule has 1 amide bonds. The average molecular weight is 523 g/mol. The van der Waals surface area contributed by atoms with Gasteiger partial charge in [0.1, 0.15) is 17.7 Å². The van der Waals surface area contributed by atoms with Crippen LogP contribution in [0.25, 0.3) is 21.1 Å². The van der Waals surface area contributed by atoms with Crippen molar-refractivity contribution in [3.05, 3.63) is 71.1 Å². The summed E-state index contributed by atoms with van der Waals surface area (Å²) < 4.78 is 0. The first-order valence-electron chi connectivity index (χ1n) is 11.8. The number of hydrogen-bond donors (Lipinski definition) is 3. The largest absolute Gasteiger partial charge is 0.380 e. The third-order valence-corrected chi connectivity index (χ3v) is 8.16. The predicted molar refractivity (Wildman–Crippen MR) is 142 cm³/mol. The zero-order chi connectivity index (χ0) is 25.3. The highest BCUT2D eigenvalue weighted by atomic mass is 35.5. The third kappa shape index (κ3) is 4.79. The fourth-order valence-electron chi connectivity index (χ4n) is 4.88. The maximum atomic E-state index is 12.7. The van der Waals surface area contributed by atoms with E-state index in [-0.39, 0.29) is 11.8 Å². The number of benzene rings is 1. The highest BCUT2D eigenvalue weighted by Gasteiger charge is 2.44. The molecule has 10 heteroatoms. The van der Waals surface area contributed by atoms with Crippen molar-refractivity contribution in [3.63, 3.8) is 0 Å². The molecule has 3 N–H and O–H groups in total. The highest BCUT2D eigenvalue weighted by molar-refractivity contribution is 7.19. The number of aliphatic hydroxyl groups is 1. The van der Waals surface area contributed by atoms with Gasteiger partial charge in [0.15, 0.2) is 5.82 Å². The van der Waals surface area contributed by atoms with E-state index in [1.165, 1.54) is 24.6 Å². The number of aromatic amines is 1. The van der Waals surface area contributed by atoms with E-state index in [4.69, 9.17) is 11.6 Å². The molecule has 36 heavy (non-hydrogen) atoms. The van der Waals surface area contributed by atoms with Crippen molar-refractivity contribution >= 4 is 34.7 Å². The van der Waals surface area contributed by atoms with E-state index in [0.717, 1.165) is 52.4 Å². The van der Waals surface area contributed by atoms with Crippen LogP contribution in [0.2, 0.25) is 5.02 Å². The molecule has 3 aromatic heterocycles. The van der Waals surface area contributed by atoms with Gasteiger partial charge in [0.25, 0.3) is 0 Å². The van der Waals surface area contributed by atoms with Crippen molar-refractivity contribution in [2.24, 2.45) is 5.92 Å². The van der Waals surface area contributed by atoms with Gasteiger partial charge in [0, 0.05) is 28.6 Å². The van der Waals surface area contributed by atoms with Crippen LogP contribution in [-0.2, 0) is 10.4 Å². The van der Waals surface area contributed by atoms with Crippen LogP contribution in [0.3, 0.4) is 0 Å². The van der Waals surface area contributed by atoms with Crippen molar-refractivity contribution < 1.29 is 9.90 Å². The molecule has 1 aliphatic heterocycles. The molecule has 0 aliphatic carbocycles. The van der Waals surface area contributed by atoms with Gasteiger partial charge in [-0.25, -0.2) is 9.97 Å². The second kappa shape index (κ2) is 10.1. The number of carbonyl (C=O) groups is 1. The Labute approximate surface area is 218 Å². The molecule has 0 spiro atoms. The molecule has 5 rings (SSSR count). The summed E-state index contributed by atoms with van der Waals surface area (Å²) in [7, 11) is 2.11. The van der Waals surface area contributed by atoms with Crippen molar-refractivity contribution in [2.75, 3.05) is 25.5 Å². The molecular formula is C26H27ClN6O2S. The van der Waals surface area contributed by atoms with Crippen LogP contribution in [0.15, 0.2) is 55.0 Å². The topological polar surface area (TPSA) is 107 Å². The zero-order valence-corrected chi connectivity index (χ0v) is 21.6. The summed E-state index contributed by atoms with van der Waals surface area (Å²) in [4.78, 5) is 24.3. The number of carbonyl (C=O) groups excluding carboxylic acids is 1. The molecule has 8 nitrogen and oxygen atoms in total. The van der Waals surface area contributed by atoms with Crippen molar-refractivity contribution in [3.8, 4) is 21.1 Å². The van der Waals surface area contributed by atoms with Gasteiger partial charge in [0.2, 0.25) is 5.91 Å². The van der Waals surface area contributed by atoms with Crippen LogP contribution < -0.4 is 5.32 Å². The highest BCUT2D eigenvalue weighted by Crippen LogP contribution is 2.49. The molecular weight excluding hydrogens is 496 g/mol. The van der Waals surface area contributed by atoms with Crippen LogP contribution in [-0.4, -0.2) is 56.2 Å². The van der Waals surface area contributed by atoms with Gasteiger partial charge in [-0.3, -0.25) is 9.89 Å². The van der Waals surface area contributed by atoms with Gasteiger partial charge in [-0.15, -0.1) is 11.3 Å². The monoisotopic (exact) mass is 522 g/mol. The smallest absolute Gasteiger partial charge is 0.222 e. The number of piperidine rings is 1. The summed E-state index contributed by atoms with van der Waals surface area (Å²) >= 11 is 7.73. The normalized spacial score (nSPS) is 16.6. The van der Waals surface area contributed by atoms with Crippen LogP contribution in [0.5, 0.6) is 0 Å². The molecule has 4 heterocycles. The maximum Gasteiger partial charge on any atom is 0.222 e. The molecule has 1 aromatic carbocycles. The molecule has 1 saturated heterocycles. The Balaban J connectivity index is 1.68. The Morgan fingerprint density at radius 3 is 2.61 bits per heavy atom. The number of nitrogens with one attached hydrogen (secondary N) is 2. The lowest BCUT2D eigenvalue weighted by molar-refractivity contribution is -0.114. The van der Waals surface area contributed by atoms with Gasteiger partial charge in [0.05, 0.1) is 4.88 Å². The van der Waals surface area contributed by atoms with Gasteiger partial charge >= 0.3 is 0 Å². The van der Waals surface area contributed by atoms with E-state index in [9.17, 15) is 9.90 Å². The molecule has 1 atom stereocenters. The van der Waals surface area contributed by atoms with Gasteiger partial charge < -0.3 is 15.3 Å². The van der Waals surface area contributed by atoms with Crippen molar-refractivity contribution in [2.45, 2.75) is 25.4 Å². The molecule has 1 aliphatic rings. The second-order valence-electron chi connectivity index (χ2n) is 9.15. The number of hydrogen-bond acceptors (Lipinski definition) is 7. The van der Waals surface area contributed by atoms with Gasteiger partial charge in [-0.2, -0.15) is 5.10 Å². The predicted octanol–water partition coefficient (Wildman–Crippen LogP) is 4.78. The Hall–Kier alpha value is -3.11. The minimum Gasteiger partial charge on any atom is -0.380 e. The Morgan fingerprint density at radius 2 is 1.94 bits per heavy atom. The van der Waals surface area contributed by atoms with Crippen molar-refractivity contribution in [1.29, 1.82) is 0 Å². The number of aromatic nitrogens is 4. The average Bonchev–Trinajstić information content (AvgIpc) is 3.55. The number of anilines is 1. The lowest BCUT2D eigenvalue weighted by Gasteiger charge is -2.41. The fraction of sp³-hybridized carbons (Fsp3) is 0.308. The first kappa shape index (κ1) is 24.6. The minimum absolute atomic E-state index is 0.00798. The molecule has 0 radical (unpaired) electrons. The second-order valence-corrected chi connectivity index (χ2v) is 10.6. The van der Waals surface area contributed by atoms with Crippen LogP contribution in [0.1, 0.15) is 30.9 Å². The summed E-state index contributed by atoms with van der Waals surface area (Å²) in [5.74, 6) is 0.872. The van der Waals surface area contributed by atoms with Gasteiger partial charge in [-0.1, -0.05) is 23.7 Å². The number of amides is 1. The number of nitrogens with zero attached hydrogens (tertiary/aromatic N) is 4. The van der Waals surface area contributed by atoms with Crippen LogP contribution in [0, 0.1) is 5.92 Å². The number of halogens is 1. The van der Waals surface area contributed by atoms with E-state index >= 15 is 0 Å². The molecule has 4 aromatic rings. The molecule has 0 bridgehead atoms. The lowest BCUT2D eigenvalue weighted by Crippen LogP contribution is -2.43. The quantitative estimate of drug-likeness (QED) is 0.336. The summed E-state index contributed by atoms with van der Waals surface area (Å²) in [6.07, 6.45) is 4.82.